The number of hydrogen-bond donors (Lipinski definition) is 1. The molecule has 0 aliphatic heterocycles. The van der Waals surface area contributed by atoms with Gasteiger partial charge < -0.3 is 5.32 Å². The second kappa shape index (κ2) is 7.75. The average molecular weight is 369 g/mol. The first-order valence-corrected chi connectivity index (χ1v) is 8.29. The van der Waals surface area contributed by atoms with Crippen molar-refractivity contribution < 1.29 is 14.1 Å². The molecule has 8 heteroatoms. The Morgan fingerprint density at radius 1 is 1.12 bits per heavy atom. The normalized spacial score (nSPS) is 10.3. The number of non-ortho nitro benzene ring substituents is 1. The molecule has 26 heavy (non-hydrogen) atoms. The van der Waals surface area contributed by atoms with Gasteiger partial charge in [-0.2, -0.15) is 0 Å². The molecule has 0 aliphatic carbocycles. The van der Waals surface area contributed by atoms with Crippen LogP contribution in [0.25, 0.3) is 0 Å². The lowest BCUT2D eigenvalue weighted by Gasteiger charge is -2.09. The van der Waals surface area contributed by atoms with Crippen LogP contribution in [0, 0.1) is 15.9 Å². The fourth-order valence-electron chi connectivity index (χ4n) is 2.16. The van der Waals surface area contributed by atoms with Gasteiger partial charge in [0.2, 0.25) is 0 Å². The molecule has 1 aromatic heterocycles. The number of carbonyl (C=O) groups excluding carboxylic acids is 1. The largest absolute Gasteiger partial charge is 0.319 e. The number of hydrogen-bond acceptors (Lipinski definition) is 5. The summed E-state index contributed by atoms with van der Waals surface area (Å²) in [5.74, 6) is -1.36. The monoisotopic (exact) mass is 369 g/mol. The number of amides is 1. The number of anilines is 1. The minimum Gasteiger partial charge on any atom is -0.319 e. The molecule has 0 aliphatic rings. The maximum atomic E-state index is 13.9. The first kappa shape index (κ1) is 17.6. The summed E-state index contributed by atoms with van der Waals surface area (Å²) in [4.78, 5) is 27.8. The second-order valence-corrected chi connectivity index (χ2v) is 6.21. The molecule has 0 spiro atoms. The van der Waals surface area contributed by atoms with Crippen molar-refractivity contribution in [3.8, 4) is 0 Å². The molecule has 130 valence electrons. The van der Waals surface area contributed by atoms with Gasteiger partial charge in [0.15, 0.2) is 0 Å². The topological polar surface area (TPSA) is 85.1 Å². The van der Waals surface area contributed by atoms with Crippen molar-refractivity contribution in [1.29, 1.82) is 0 Å². The van der Waals surface area contributed by atoms with Crippen molar-refractivity contribution in [3.05, 3.63) is 88.4 Å². The van der Waals surface area contributed by atoms with E-state index in [1.54, 1.807) is 18.3 Å². The van der Waals surface area contributed by atoms with E-state index in [1.807, 2.05) is 30.3 Å². The van der Waals surface area contributed by atoms with E-state index in [1.165, 1.54) is 11.8 Å². The zero-order chi connectivity index (χ0) is 18.5. The first-order chi connectivity index (χ1) is 12.5. The summed E-state index contributed by atoms with van der Waals surface area (Å²) in [6.45, 7) is 0. The van der Waals surface area contributed by atoms with Crippen LogP contribution < -0.4 is 5.32 Å². The van der Waals surface area contributed by atoms with Crippen LogP contribution in [0.4, 0.5) is 15.8 Å². The van der Waals surface area contributed by atoms with Gasteiger partial charge in [0.25, 0.3) is 11.6 Å². The quantitative estimate of drug-likeness (QED) is 0.527. The molecule has 1 amide bonds. The summed E-state index contributed by atoms with van der Waals surface area (Å²) in [7, 11) is 0. The zero-order valence-corrected chi connectivity index (χ0v) is 14.1. The summed E-state index contributed by atoms with van der Waals surface area (Å²) in [5, 5.41) is 13.7. The van der Waals surface area contributed by atoms with Crippen LogP contribution in [-0.2, 0) is 0 Å². The fourth-order valence-corrected chi connectivity index (χ4v) is 3.06. The third-order valence-corrected chi connectivity index (χ3v) is 4.41. The van der Waals surface area contributed by atoms with Crippen molar-refractivity contribution in [2.24, 2.45) is 0 Å². The highest BCUT2D eigenvalue weighted by molar-refractivity contribution is 7.99. The summed E-state index contributed by atoms with van der Waals surface area (Å²) < 4.78 is 13.9. The Labute approximate surface area is 152 Å². The van der Waals surface area contributed by atoms with Gasteiger partial charge in [0.05, 0.1) is 16.2 Å². The van der Waals surface area contributed by atoms with Crippen molar-refractivity contribution in [3.63, 3.8) is 0 Å². The first-order valence-electron chi connectivity index (χ1n) is 7.48. The molecule has 0 saturated carbocycles. The van der Waals surface area contributed by atoms with E-state index in [0.29, 0.717) is 5.03 Å². The molecule has 0 radical (unpaired) electrons. The van der Waals surface area contributed by atoms with Gasteiger partial charge in [0, 0.05) is 23.2 Å². The van der Waals surface area contributed by atoms with E-state index in [-0.39, 0.29) is 16.9 Å². The molecule has 1 N–H and O–H groups in total. The Morgan fingerprint density at radius 2 is 1.88 bits per heavy atom. The number of nitro groups is 1. The third kappa shape index (κ3) is 4.04. The van der Waals surface area contributed by atoms with Crippen LogP contribution in [-0.4, -0.2) is 15.8 Å². The number of rotatable bonds is 5. The number of benzene rings is 2. The van der Waals surface area contributed by atoms with Gasteiger partial charge in [-0.25, -0.2) is 9.37 Å². The van der Waals surface area contributed by atoms with E-state index < -0.39 is 16.6 Å². The Balaban J connectivity index is 1.87. The highest BCUT2D eigenvalue weighted by atomic mass is 32.2. The minimum absolute atomic E-state index is 0.243. The SMILES string of the molecule is O=C(Nc1cc([N+](=O)[O-])ccc1F)c1cccnc1Sc1ccccc1. The van der Waals surface area contributed by atoms with Crippen LogP contribution in [0.5, 0.6) is 0 Å². The van der Waals surface area contributed by atoms with Crippen LogP contribution in [0.1, 0.15) is 10.4 Å². The second-order valence-electron chi connectivity index (χ2n) is 5.15. The van der Waals surface area contributed by atoms with Crippen molar-refractivity contribution in [2.75, 3.05) is 5.32 Å². The van der Waals surface area contributed by atoms with Gasteiger partial charge in [0.1, 0.15) is 10.8 Å². The Bertz CT molecular complexity index is 967. The molecule has 6 nitrogen and oxygen atoms in total. The number of halogens is 1. The van der Waals surface area contributed by atoms with Gasteiger partial charge in [-0.15, -0.1) is 0 Å². The summed E-state index contributed by atoms with van der Waals surface area (Å²) >= 11 is 1.29. The number of aromatic nitrogens is 1. The number of carbonyl (C=O) groups is 1. The number of nitrogens with zero attached hydrogens (tertiary/aromatic N) is 2. The molecular weight excluding hydrogens is 357 g/mol. The number of nitrogens with one attached hydrogen (secondary N) is 1. The molecule has 0 unspecified atom stereocenters. The molecular formula is C18H12FN3O3S. The van der Waals surface area contributed by atoms with Crippen LogP contribution in [0.2, 0.25) is 0 Å². The van der Waals surface area contributed by atoms with Gasteiger partial charge in [-0.05, 0) is 30.3 Å². The molecule has 0 atom stereocenters. The molecule has 3 rings (SSSR count). The van der Waals surface area contributed by atoms with Gasteiger partial charge in [-0.3, -0.25) is 14.9 Å². The molecule has 0 fully saturated rings. The zero-order valence-electron chi connectivity index (χ0n) is 13.3. The average Bonchev–Trinajstić information content (AvgIpc) is 2.64. The van der Waals surface area contributed by atoms with E-state index in [4.69, 9.17) is 0 Å². The fraction of sp³-hybridized carbons (Fsp3) is 0. The lowest BCUT2D eigenvalue weighted by molar-refractivity contribution is -0.384. The number of pyridine rings is 1. The van der Waals surface area contributed by atoms with Crippen LogP contribution in [0.15, 0.2) is 76.8 Å². The van der Waals surface area contributed by atoms with Gasteiger partial charge >= 0.3 is 0 Å². The van der Waals surface area contributed by atoms with E-state index in [9.17, 15) is 19.3 Å². The van der Waals surface area contributed by atoms with Crippen LogP contribution >= 0.6 is 11.8 Å². The third-order valence-electron chi connectivity index (χ3n) is 3.38. The molecule has 1 heterocycles. The van der Waals surface area contributed by atoms with Crippen molar-refractivity contribution >= 4 is 29.0 Å². The lowest BCUT2D eigenvalue weighted by Crippen LogP contribution is -2.14. The molecule has 3 aromatic rings. The van der Waals surface area contributed by atoms with Crippen molar-refractivity contribution in [1.82, 2.24) is 4.98 Å². The maximum Gasteiger partial charge on any atom is 0.271 e. The Kier molecular flexibility index (Phi) is 5.23. The van der Waals surface area contributed by atoms with E-state index in [2.05, 4.69) is 10.3 Å². The van der Waals surface area contributed by atoms with E-state index in [0.717, 1.165) is 23.1 Å². The predicted molar refractivity (Wildman–Crippen MR) is 95.8 cm³/mol. The number of nitro benzene ring substituents is 1. The van der Waals surface area contributed by atoms with Crippen molar-refractivity contribution in [2.45, 2.75) is 9.92 Å². The summed E-state index contributed by atoms with van der Waals surface area (Å²) in [5.41, 5.74) is -0.331. The summed E-state index contributed by atoms with van der Waals surface area (Å²) in [6.07, 6.45) is 1.55. The highest BCUT2D eigenvalue weighted by Gasteiger charge is 2.17. The molecule has 0 saturated heterocycles. The summed E-state index contributed by atoms with van der Waals surface area (Å²) in [6, 6.07) is 15.5. The predicted octanol–water partition coefficient (Wildman–Crippen LogP) is 4.53. The molecule has 2 aromatic carbocycles. The van der Waals surface area contributed by atoms with Crippen LogP contribution in [0.3, 0.4) is 0 Å². The Morgan fingerprint density at radius 3 is 2.62 bits per heavy atom. The maximum absolute atomic E-state index is 13.9. The van der Waals surface area contributed by atoms with E-state index >= 15 is 0 Å². The standard InChI is InChI=1S/C18H12FN3O3S/c19-15-9-8-12(22(24)25)11-16(15)21-17(23)14-7-4-10-20-18(14)26-13-5-2-1-3-6-13/h1-11H,(H,21,23). The minimum atomic E-state index is -0.759. The smallest absolute Gasteiger partial charge is 0.271 e. The lowest BCUT2D eigenvalue weighted by atomic mass is 10.2. The Hall–Kier alpha value is -3.26. The highest BCUT2D eigenvalue weighted by Crippen LogP contribution is 2.29. The van der Waals surface area contributed by atoms with Gasteiger partial charge in [-0.1, -0.05) is 30.0 Å². The molecule has 0 bridgehead atoms.